The second kappa shape index (κ2) is 6.87. The first kappa shape index (κ1) is 17.5. The van der Waals surface area contributed by atoms with Crippen molar-refractivity contribution in [2.45, 2.75) is 24.1 Å². The number of ether oxygens (including phenoxy) is 2. The lowest BCUT2D eigenvalue weighted by atomic mass is 10.0. The standard InChI is InChI=1S/C16H24N2O5S/c1-18-16(12-6-13(21-2)8-14(7-12)22-3)15(10-23-18)24(19,20)17-9-11-4-5-11/h6-8,11,15-17H,4-5,9-10H2,1-3H3. The van der Waals surface area contributed by atoms with E-state index in [4.69, 9.17) is 14.3 Å². The van der Waals surface area contributed by atoms with E-state index < -0.39 is 21.3 Å². The van der Waals surface area contributed by atoms with E-state index in [-0.39, 0.29) is 6.61 Å². The predicted octanol–water partition coefficient (Wildman–Crippen LogP) is 1.32. The Bertz CT molecular complexity index is 667. The smallest absolute Gasteiger partial charge is 0.218 e. The maximum atomic E-state index is 12.7. The van der Waals surface area contributed by atoms with Crippen molar-refractivity contribution in [3.05, 3.63) is 23.8 Å². The van der Waals surface area contributed by atoms with Gasteiger partial charge in [-0.05, 0) is 36.5 Å². The van der Waals surface area contributed by atoms with Crippen molar-refractivity contribution in [1.29, 1.82) is 0 Å². The summed E-state index contributed by atoms with van der Waals surface area (Å²) in [5.74, 6) is 1.72. The molecule has 2 atom stereocenters. The zero-order valence-electron chi connectivity index (χ0n) is 14.2. The van der Waals surface area contributed by atoms with Crippen LogP contribution < -0.4 is 14.2 Å². The van der Waals surface area contributed by atoms with Crippen LogP contribution >= 0.6 is 0 Å². The highest BCUT2D eigenvalue weighted by Gasteiger charge is 2.43. The normalized spacial score (nSPS) is 25.0. The Kier molecular flexibility index (Phi) is 5.00. The van der Waals surface area contributed by atoms with Gasteiger partial charge in [0.1, 0.15) is 16.7 Å². The summed E-state index contributed by atoms with van der Waals surface area (Å²) < 4.78 is 38.8. The Hall–Kier alpha value is -1.35. The fourth-order valence-electron chi connectivity index (χ4n) is 2.94. The fraction of sp³-hybridized carbons (Fsp3) is 0.625. The van der Waals surface area contributed by atoms with Gasteiger partial charge in [0.15, 0.2) is 0 Å². The summed E-state index contributed by atoms with van der Waals surface area (Å²) in [5.41, 5.74) is 0.785. The summed E-state index contributed by atoms with van der Waals surface area (Å²) in [6.07, 6.45) is 2.19. The third-order valence-electron chi connectivity index (χ3n) is 4.57. The monoisotopic (exact) mass is 356 g/mol. The van der Waals surface area contributed by atoms with Gasteiger partial charge >= 0.3 is 0 Å². The number of nitrogens with zero attached hydrogens (tertiary/aromatic N) is 1. The summed E-state index contributed by atoms with van der Waals surface area (Å²) in [7, 11) is 1.40. The second-order valence-electron chi connectivity index (χ2n) is 6.31. The average Bonchev–Trinajstić information content (AvgIpc) is 3.32. The molecule has 7 nitrogen and oxygen atoms in total. The van der Waals surface area contributed by atoms with Crippen molar-refractivity contribution in [2.24, 2.45) is 5.92 Å². The molecule has 8 heteroatoms. The highest BCUT2D eigenvalue weighted by atomic mass is 32.2. The van der Waals surface area contributed by atoms with Gasteiger partial charge in [0.2, 0.25) is 10.0 Å². The molecule has 1 saturated carbocycles. The van der Waals surface area contributed by atoms with Crippen LogP contribution in [0.4, 0.5) is 0 Å². The van der Waals surface area contributed by atoms with Crippen LogP contribution in [0.2, 0.25) is 0 Å². The van der Waals surface area contributed by atoms with Gasteiger partial charge in [-0.25, -0.2) is 13.1 Å². The average molecular weight is 356 g/mol. The lowest BCUT2D eigenvalue weighted by Gasteiger charge is -2.24. The zero-order valence-corrected chi connectivity index (χ0v) is 15.0. The SMILES string of the molecule is COc1cc(OC)cc(C2C(S(=O)(=O)NCC3CC3)CON2C)c1. The predicted molar refractivity (Wildman–Crippen MR) is 89.4 cm³/mol. The van der Waals surface area contributed by atoms with Crippen LogP contribution in [0.5, 0.6) is 11.5 Å². The van der Waals surface area contributed by atoms with Gasteiger partial charge in [-0.1, -0.05) is 0 Å². The molecular weight excluding hydrogens is 332 g/mol. The molecule has 1 N–H and O–H groups in total. The number of nitrogens with one attached hydrogen (secondary N) is 1. The Morgan fingerprint density at radius 3 is 2.38 bits per heavy atom. The van der Waals surface area contributed by atoms with Gasteiger partial charge in [0, 0.05) is 19.7 Å². The molecule has 1 aliphatic carbocycles. The van der Waals surface area contributed by atoms with Gasteiger partial charge in [0.05, 0.1) is 26.9 Å². The minimum Gasteiger partial charge on any atom is -0.497 e. The molecule has 0 spiro atoms. The topological polar surface area (TPSA) is 77.1 Å². The van der Waals surface area contributed by atoms with Gasteiger partial charge in [-0.3, -0.25) is 4.84 Å². The number of hydrogen-bond donors (Lipinski definition) is 1. The van der Waals surface area contributed by atoms with Gasteiger partial charge < -0.3 is 9.47 Å². The maximum Gasteiger partial charge on any atom is 0.218 e. The maximum absolute atomic E-state index is 12.7. The number of sulfonamides is 1. The Balaban J connectivity index is 1.88. The van der Waals surface area contributed by atoms with Crippen LogP contribution in [0.3, 0.4) is 0 Å². The van der Waals surface area contributed by atoms with Crippen LogP contribution in [-0.4, -0.2) is 53.1 Å². The quantitative estimate of drug-likeness (QED) is 0.794. The largest absolute Gasteiger partial charge is 0.497 e. The Labute approximate surface area is 142 Å². The van der Waals surface area contributed by atoms with Crippen LogP contribution in [0.25, 0.3) is 0 Å². The van der Waals surface area contributed by atoms with E-state index in [0.717, 1.165) is 18.4 Å². The molecule has 0 aromatic heterocycles. The van der Waals surface area contributed by atoms with Gasteiger partial charge in [-0.2, -0.15) is 5.06 Å². The molecule has 2 aliphatic rings. The molecule has 0 bridgehead atoms. The first-order valence-electron chi connectivity index (χ1n) is 8.02. The summed E-state index contributed by atoms with van der Waals surface area (Å²) in [5, 5.41) is 0.910. The second-order valence-corrected chi connectivity index (χ2v) is 8.29. The Morgan fingerprint density at radius 2 is 1.83 bits per heavy atom. The molecule has 1 aromatic carbocycles. The number of hydrogen-bond acceptors (Lipinski definition) is 6. The molecule has 0 radical (unpaired) electrons. The number of benzene rings is 1. The molecule has 0 amide bonds. The summed E-state index contributed by atoms with van der Waals surface area (Å²) >= 11 is 0. The zero-order chi connectivity index (χ0) is 17.3. The molecule has 134 valence electrons. The van der Waals surface area contributed by atoms with E-state index >= 15 is 0 Å². The minimum absolute atomic E-state index is 0.126. The molecule has 1 saturated heterocycles. The minimum atomic E-state index is -3.48. The van der Waals surface area contributed by atoms with E-state index in [0.29, 0.717) is 24.0 Å². The van der Waals surface area contributed by atoms with E-state index in [2.05, 4.69) is 4.72 Å². The van der Waals surface area contributed by atoms with Crippen molar-refractivity contribution in [2.75, 3.05) is 34.4 Å². The highest BCUT2D eigenvalue weighted by molar-refractivity contribution is 7.90. The van der Waals surface area contributed by atoms with E-state index in [1.807, 2.05) is 12.1 Å². The van der Waals surface area contributed by atoms with Gasteiger partial charge in [0.25, 0.3) is 0 Å². The molecule has 2 fully saturated rings. The van der Waals surface area contributed by atoms with E-state index in [1.165, 1.54) is 0 Å². The van der Waals surface area contributed by atoms with Crippen LogP contribution in [0.15, 0.2) is 18.2 Å². The molecule has 3 rings (SSSR count). The lowest BCUT2D eigenvalue weighted by molar-refractivity contribution is -0.110. The van der Waals surface area contributed by atoms with Crippen molar-refractivity contribution in [1.82, 2.24) is 9.79 Å². The number of rotatable bonds is 7. The highest BCUT2D eigenvalue weighted by Crippen LogP contribution is 2.37. The Morgan fingerprint density at radius 1 is 1.21 bits per heavy atom. The first-order chi connectivity index (χ1) is 11.4. The van der Waals surface area contributed by atoms with Crippen LogP contribution in [-0.2, 0) is 14.9 Å². The summed E-state index contributed by atoms with van der Waals surface area (Å²) in [6.45, 7) is 0.636. The summed E-state index contributed by atoms with van der Waals surface area (Å²) in [6, 6.07) is 4.98. The number of hydroxylamine groups is 2. The van der Waals surface area contributed by atoms with E-state index in [9.17, 15) is 8.42 Å². The van der Waals surface area contributed by atoms with E-state index in [1.54, 1.807) is 32.4 Å². The van der Waals surface area contributed by atoms with Crippen molar-refractivity contribution in [3.8, 4) is 11.5 Å². The number of methoxy groups -OCH3 is 2. The van der Waals surface area contributed by atoms with Crippen molar-refractivity contribution < 1.29 is 22.7 Å². The van der Waals surface area contributed by atoms with Crippen molar-refractivity contribution >= 4 is 10.0 Å². The molecule has 1 heterocycles. The fourth-order valence-corrected chi connectivity index (χ4v) is 4.53. The third kappa shape index (κ3) is 3.66. The van der Waals surface area contributed by atoms with Crippen LogP contribution in [0, 0.1) is 5.92 Å². The summed E-state index contributed by atoms with van der Waals surface area (Å²) in [4.78, 5) is 5.52. The third-order valence-corrected chi connectivity index (χ3v) is 6.33. The van der Waals surface area contributed by atoms with Crippen LogP contribution in [0.1, 0.15) is 24.4 Å². The van der Waals surface area contributed by atoms with Crippen molar-refractivity contribution in [3.63, 3.8) is 0 Å². The molecule has 2 unspecified atom stereocenters. The van der Waals surface area contributed by atoms with Gasteiger partial charge in [-0.15, -0.1) is 0 Å². The molecular formula is C16H24N2O5S. The molecule has 24 heavy (non-hydrogen) atoms. The molecule has 1 aliphatic heterocycles. The lowest BCUT2D eigenvalue weighted by Crippen LogP contribution is -2.40. The first-order valence-corrected chi connectivity index (χ1v) is 9.56. The molecule has 1 aromatic rings.